The van der Waals surface area contributed by atoms with E-state index in [2.05, 4.69) is 51.5 Å². The number of nitrogens with zero attached hydrogens (tertiary/aromatic N) is 3. The van der Waals surface area contributed by atoms with Gasteiger partial charge in [0.2, 0.25) is 5.95 Å². The van der Waals surface area contributed by atoms with Crippen molar-refractivity contribution in [3.8, 4) is 0 Å². The highest BCUT2D eigenvalue weighted by Gasteiger charge is 2.16. The van der Waals surface area contributed by atoms with Crippen LogP contribution in [0.4, 0.5) is 16.6 Å². The van der Waals surface area contributed by atoms with E-state index in [4.69, 9.17) is 5.73 Å². The molecule has 9 nitrogen and oxygen atoms in total. The van der Waals surface area contributed by atoms with Gasteiger partial charge in [0.05, 0.1) is 13.3 Å². The molecule has 2 rings (SSSR count). The lowest BCUT2D eigenvalue weighted by Gasteiger charge is -2.14. The molecule has 114 valence electrons. The molecule has 1 unspecified atom stereocenters. The van der Waals surface area contributed by atoms with E-state index in [0.29, 0.717) is 21.5 Å². The number of ether oxygens (including phenoxy) is 1. The van der Waals surface area contributed by atoms with Crippen molar-refractivity contribution in [3.05, 3.63) is 4.60 Å². The van der Waals surface area contributed by atoms with Crippen LogP contribution in [-0.2, 0) is 4.74 Å². The fourth-order valence-electron chi connectivity index (χ4n) is 1.74. The van der Waals surface area contributed by atoms with E-state index in [0.717, 1.165) is 12.8 Å². The van der Waals surface area contributed by atoms with Gasteiger partial charge in [-0.15, -0.1) is 0 Å². The maximum absolute atomic E-state index is 11.3. The predicted octanol–water partition coefficient (Wildman–Crippen LogP) is 1.79. The molecule has 5 N–H and O–H groups in total. The number of nitrogens with two attached hydrogens (primary N) is 1. The minimum absolute atomic E-state index is 0.0997. The van der Waals surface area contributed by atoms with E-state index in [1.165, 1.54) is 7.11 Å². The Bertz CT molecular complexity index is 645. The molecule has 0 aliphatic heterocycles. The molecule has 21 heavy (non-hydrogen) atoms. The molecular formula is C11H16BrN7O2. The van der Waals surface area contributed by atoms with Gasteiger partial charge in [0.1, 0.15) is 11.0 Å². The minimum atomic E-state index is -0.655. The number of fused-ring (bicyclic) bond motifs is 1. The topological polar surface area (TPSA) is 131 Å². The quantitative estimate of drug-likeness (QED) is 0.599. The van der Waals surface area contributed by atoms with E-state index < -0.39 is 6.09 Å². The number of aromatic amines is 1. The minimum Gasteiger partial charge on any atom is -0.453 e. The third kappa shape index (κ3) is 3.58. The smallest absolute Gasteiger partial charge is 0.413 e. The highest BCUT2D eigenvalue weighted by Crippen LogP contribution is 2.26. The Morgan fingerprint density at radius 3 is 2.95 bits per heavy atom. The summed E-state index contributed by atoms with van der Waals surface area (Å²) in [6.07, 6.45) is 0.794. The van der Waals surface area contributed by atoms with E-state index in [-0.39, 0.29) is 12.1 Å². The van der Waals surface area contributed by atoms with E-state index in [9.17, 15) is 4.79 Å². The maximum atomic E-state index is 11.3. The summed E-state index contributed by atoms with van der Waals surface area (Å²) >= 11 is 3.28. The van der Waals surface area contributed by atoms with Crippen molar-refractivity contribution >= 4 is 44.8 Å². The van der Waals surface area contributed by atoms with Gasteiger partial charge in [0.25, 0.3) is 0 Å². The number of aromatic nitrogens is 4. The van der Waals surface area contributed by atoms with Crippen LogP contribution in [0, 0.1) is 0 Å². The standard InChI is InChI=1S/C11H16BrN7O2/c1-3-4-5(13)14-9-7-6(8(12)19-18-7)15-10(16-9)17-11(20)21-2/h5H,3-4,13H2,1-2H3,(H,18,19)(H2,14,15,16,17,20). The number of carbonyl (C=O) groups excluding carboxylic acids is 1. The summed E-state index contributed by atoms with van der Waals surface area (Å²) in [4.78, 5) is 19.7. The van der Waals surface area contributed by atoms with Gasteiger partial charge >= 0.3 is 6.09 Å². The van der Waals surface area contributed by atoms with Gasteiger partial charge in [-0.05, 0) is 22.4 Å². The Labute approximate surface area is 129 Å². The molecule has 0 aliphatic carbocycles. The summed E-state index contributed by atoms with van der Waals surface area (Å²) < 4.78 is 5.04. The summed E-state index contributed by atoms with van der Waals surface area (Å²) in [7, 11) is 1.26. The van der Waals surface area contributed by atoms with Gasteiger partial charge in [-0.1, -0.05) is 13.3 Å². The molecule has 0 aliphatic rings. The summed E-state index contributed by atoms with van der Waals surface area (Å²) in [6, 6.07) is 0. The Hall–Kier alpha value is -1.94. The van der Waals surface area contributed by atoms with Crippen molar-refractivity contribution < 1.29 is 9.53 Å². The van der Waals surface area contributed by atoms with Gasteiger partial charge in [0, 0.05) is 0 Å². The molecule has 1 amide bonds. The van der Waals surface area contributed by atoms with Crippen LogP contribution in [0.3, 0.4) is 0 Å². The number of hydrogen-bond donors (Lipinski definition) is 4. The molecule has 0 radical (unpaired) electrons. The molecule has 2 aromatic heterocycles. The molecule has 0 bridgehead atoms. The van der Waals surface area contributed by atoms with Crippen molar-refractivity contribution in [2.45, 2.75) is 25.9 Å². The van der Waals surface area contributed by atoms with Crippen molar-refractivity contribution in [1.29, 1.82) is 0 Å². The third-order valence-corrected chi connectivity index (χ3v) is 3.24. The SMILES string of the molecule is CCCC(N)Nc1nc(NC(=O)OC)nc2c(Br)n[nH]c12. The van der Waals surface area contributed by atoms with Crippen LogP contribution in [0.25, 0.3) is 11.0 Å². The number of rotatable bonds is 5. The van der Waals surface area contributed by atoms with E-state index >= 15 is 0 Å². The summed E-state index contributed by atoms with van der Waals surface area (Å²) in [5.74, 6) is 0.563. The van der Waals surface area contributed by atoms with Gasteiger partial charge in [0.15, 0.2) is 10.4 Å². The van der Waals surface area contributed by atoms with Crippen LogP contribution in [-0.4, -0.2) is 39.5 Å². The first kappa shape index (κ1) is 15.4. The van der Waals surface area contributed by atoms with Crippen LogP contribution in [0.1, 0.15) is 19.8 Å². The van der Waals surface area contributed by atoms with E-state index in [1.54, 1.807) is 0 Å². The van der Waals surface area contributed by atoms with E-state index in [1.807, 2.05) is 6.92 Å². The highest BCUT2D eigenvalue weighted by atomic mass is 79.9. The highest BCUT2D eigenvalue weighted by molar-refractivity contribution is 9.10. The molecule has 2 heterocycles. The number of halogens is 1. The number of amides is 1. The number of hydrogen-bond acceptors (Lipinski definition) is 7. The average Bonchev–Trinajstić information content (AvgIpc) is 2.81. The number of nitrogens with one attached hydrogen (secondary N) is 3. The molecule has 0 spiro atoms. The second kappa shape index (κ2) is 6.68. The van der Waals surface area contributed by atoms with Gasteiger partial charge in [-0.2, -0.15) is 10.1 Å². The second-order valence-electron chi connectivity index (χ2n) is 4.29. The first-order chi connectivity index (χ1) is 10.0. The fraction of sp³-hybridized carbons (Fsp3) is 0.455. The largest absolute Gasteiger partial charge is 0.453 e. The molecule has 0 saturated carbocycles. The summed E-state index contributed by atoms with van der Waals surface area (Å²) in [5, 5.41) is 12.3. The van der Waals surface area contributed by atoms with Crippen LogP contribution in [0.2, 0.25) is 0 Å². The van der Waals surface area contributed by atoms with Crippen LogP contribution < -0.4 is 16.4 Å². The van der Waals surface area contributed by atoms with Gasteiger partial charge in [-0.3, -0.25) is 10.4 Å². The average molecular weight is 358 g/mol. The van der Waals surface area contributed by atoms with Crippen molar-refractivity contribution in [3.63, 3.8) is 0 Å². The zero-order valence-corrected chi connectivity index (χ0v) is 13.2. The summed E-state index contributed by atoms with van der Waals surface area (Å²) in [6.45, 7) is 2.04. The molecule has 0 fully saturated rings. The normalized spacial score (nSPS) is 12.2. The lowest BCUT2D eigenvalue weighted by atomic mass is 10.3. The first-order valence-electron chi connectivity index (χ1n) is 6.33. The zero-order chi connectivity index (χ0) is 15.4. The molecular weight excluding hydrogens is 342 g/mol. The van der Waals surface area contributed by atoms with Crippen LogP contribution in [0.15, 0.2) is 4.60 Å². The maximum Gasteiger partial charge on any atom is 0.413 e. The van der Waals surface area contributed by atoms with Crippen LogP contribution in [0.5, 0.6) is 0 Å². The summed E-state index contributed by atoms with van der Waals surface area (Å²) in [5.41, 5.74) is 7.09. The fourth-order valence-corrected chi connectivity index (χ4v) is 2.11. The molecule has 2 aromatic rings. The third-order valence-electron chi connectivity index (χ3n) is 2.69. The monoisotopic (exact) mass is 357 g/mol. The lowest BCUT2D eigenvalue weighted by Crippen LogP contribution is -2.30. The number of carbonyl (C=O) groups is 1. The Morgan fingerprint density at radius 1 is 1.52 bits per heavy atom. The number of anilines is 2. The predicted molar refractivity (Wildman–Crippen MR) is 81.9 cm³/mol. The molecule has 10 heteroatoms. The van der Waals surface area contributed by atoms with Crippen molar-refractivity contribution in [1.82, 2.24) is 20.2 Å². The van der Waals surface area contributed by atoms with Gasteiger partial charge < -0.3 is 15.8 Å². The molecule has 0 saturated heterocycles. The lowest BCUT2D eigenvalue weighted by molar-refractivity contribution is 0.186. The molecule has 0 aromatic carbocycles. The van der Waals surface area contributed by atoms with Gasteiger partial charge in [-0.25, -0.2) is 9.78 Å². The second-order valence-corrected chi connectivity index (χ2v) is 5.04. The van der Waals surface area contributed by atoms with Crippen molar-refractivity contribution in [2.24, 2.45) is 5.73 Å². The van der Waals surface area contributed by atoms with Crippen LogP contribution >= 0.6 is 15.9 Å². The Kier molecular flexibility index (Phi) is 4.91. The Balaban J connectivity index is 2.38. The van der Waals surface area contributed by atoms with Crippen molar-refractivity contribution in [2.75, 3.05) is 17.7 Å². The molecule has 1 atom stereocenters. The number of methoxy groups -OCH3 is 1. The number of H-pyrrole nitrogens is 1. The Morgan fingerprint density at radius 2 is 2.29 bits per heavy atom. The zero-order valence-electron chi connectivity index (χ0n) is 11.6. The first-order valence-corrected chi connectivity index (χ1v) is 7.13.